The molecular formula is C17H20ClNOS. The number of rotatable bonds is 6. The van der Waals surface area contributed by atoms with Gasteiger partial charge in [0.25, 0.3) is 0 Å². The lowest BCUT2D eigenvalue weighted by Crippen LogP contribution is -2.31. The molecule has 0 amide bonds. The van der Waals surface area contributed by atoms with Crippen LogP contribution in [0.5, 0.6) is 0 Å². The minimum atomic E-state index is -1.00. The van der Waals surface area contributed by atoms with Gasteiger partial charge in [0.15, 0.2) is 0 Å². The first-order valence-electron chi connectivity index (χ1n) is 6.96. The molecule has 0 saturated heterocycles. The molecule has 0 saturated carbocycles. The molecule has 3 atom stereocenters. The van der Waals surface area contributed by atoms with E-state index in [1.54, 1.807) is 0 Å². The Bertz CT molecular complexity index is 603. The van der Waals surface area contributed by atoms with E-state index in [9.17, 15) is 4.21 Å². The fourth-order valence-electron chi connectivity index (χ4n) is 2.38. The third-order valence-electron chi connectivity index (χ3n) is 3.61. The van der Waals surface area contributed by atoms with E-state index in [0.717, 1.165) is 11.1 Å². The summed E-state index contributed by atoms with van der Waals surface area (Å²) in [5.41, 5.74) is 2.09. The van der Waals surface area contributed by atoms with Gasteiger partial charge in [-0.3, -0.25) is 4.21 Å². The zero-order chi connectivity index (χ0) is 15.2. The third kappa shape index (κ3) is 4.16. The highest BCUT2D eigenvalue weighted by Crippen LogP contribution is 2.24. The Kier molecular flexibility index (Phi) is 5.97. The van der Waals surface area contributed by atoms with Crippen molar-refractivity contribution in [3.8, 4) is 0 Å². The van der Waals surface area contributed by atoms with Crippen LogP contribution in [0.15, 0.2) is 54.6 Å². The Morgan fingerprint density at radius 2 is 1.71 bits per heavy atom. The molecule has 0 fully saturated rings. The summed E-state index contributed by atoms with van der Waals surface area (Å²) < 4.78 is 12.7. The zero-order valence-corrected chi connectivity index (χ0v) is 13.8. The van der Waals surface area contributed by atoms with E-state index in [0.29, 0.717) is 10.8 Å². The lowest BCUT2D eigenvalue weighted by molar-refractivity contribution is 0.569. The van der Waals surface area contributed by atoms with E-state index < -0.39 is 10.8 Å². The van der Waals surface area contributed by atoms with Gasteiger partial charge in [-0.15, -0.1) is 0 Å². The van der Waals surface area contributed by atoms with Crippen LogP contribution in [0.3, 0.4) is 0 Å². The molecule has 0 bridgehead atoms. The third-order valence-corrected chi connectivity index (χ3v) is 5.68. The van der Waals surface area contributed by atoms with Crippen LogP contribution in [0.1, 0.15) is 24.1 Å². The minimum absolute atomic E-state index is 0.00586. The molecule has 21 heavy (non-hydrogen) atoms. The molecule has 0 aliphatic carbocycles. The molecule has 2 rings (SSSR count). The lowest BCUT2D eigenvalue weighted by Gasteiger charge is -2.23. The Hall–Kier alpha value is -1.16. The highest BCUT2D eigenvalue weighted by molar-refractivity contribution is 7.84. The topological polar surface area (TPSA) is 29.1 Å². The van der Waals surface area contributed by atoms with Gasteiger partial charge in [0, 0.05) is 21.9 Å². The predicted molar refractivity (Wildman–Crippen MR) is 91.0 cm³/mol. The molecule has 2 aromatic rings. The summed E-state index contributed by atoms with van der Waals surface area (Å²) in [6, 6.07) is 17.8. The van der Waals surface area contributed by atoms with Crippen LogP contribution >= 0.6 is 11.6 Å². The maximum absolute atomic E-state index is 12.7. The van der Waals surface area contributed by atoms with Gasteiger partial charge < -0.3 is 5.32 Å². The Morgan fingerprint density at radius 3 is 2.33 bits per heavy atom. The van der Waals surface area contributed by atoms with Crippen molar-refractivity contribution in [3.63, 3.8) is 0 Å². The highest BCUT2D eigenvalue weighted by atomic mass is 35.5. The van der Waals surface area contributed by atoms with Crippen molar-refractivity contribution in [2.45, 2.75) is 24.0 Å². The Labute approximate surface area is 134 Å². The molecule has 0 spiro atoms. The summed E-state index contributed by atoms with van der Waals surface area (Å²) in [5.74, 6) is 0.478. The van der Waals surface area contributed by atoms with Gasteiger partial charge in [-0.05, 0) is 31.2 Å². The quantitative estimate of drug-likeness (QED) is 0.873. The zero-order valence-electron chi connectivity index (χ0n) is 12.3. The lowest BCUT2D eigenvalue weighted by atomic mass is 10.0. The standard InChI is InChI=1S/C17H20ClNOS/c1-13(17(19-2)14-8-4-3-5-9-14)21(20)12-15-10-6-7-11-16(15)18/h3-11,13,17,19H,12H2,1-2H3. The fourth-order valence-corrected chi connectivity index (χ4v) is 4.08. The largest absolute Gasteiger partial charge is 0.312 e. The van der Waals surface area contributed by atoms with Crippen molar-refractivity contribution in [2.75, 3.05) is 7.05 Å². The van der Waals surface area contributed by atoms with Gasteiger partial charge >= 0.3 is 0 Å². The van der Waals surface area contributed by atoms with Crippen LogP contribution in [-0.4, -0.2) is 16.5 Å². The first-order chi connectivity index (χ1) is 10.1. The fraction of sp³-hybridized carbons (Fsp3) is 0.294. The second-order valence-corrected chi connectivity index (χ2v) is 7.20. The van der Waals surface area contributed by atoms with Crippen molar-refractivity contribution in [3.05, 3.63) is 70.7 Å². The van der Waals surface area contributed by atoms with Crippen LogP contribution in [0.25, 0.3) is 0 Å². The second kappa shape index (κ2) is 7.74. The van der Waals surface area contributed by atoms with Crippen molar-refractivity contribution in [2.24, 2.45) is 0 Å². The number of hydrogen-bond donors (Lipinski definition) is 1. The molecule has 4 heteroatoms. The van der Waals surface area contributed by atoms with E-state index >= 15 is 0 Å². The van der Waals surface area contributed by atoms with E-state index in [4.69, 9.17) is 11.6 Å². The molecule has 0 radical (unpaired) electrons. The van der Waals surface area contributed by atoms with E-state index in [-0.39, 0.29) is 11.3 Å². The summed E-state index contributed by atoms with van der Waals surface area (Å²) >= 11 is 6.15. The normalized spacial score (nSPS) is 15.4. The predicted octanol–water partition coefficient (Wildman–Crippen LogP) is 3.94. The first-order valence-corrected chi connectivity index (χ1v) is 8.72. The van der Waals surface area contributed by atoms with E-state index in [1.807, 2.05) is 56.4 Å². The van der Waals surface area contributed by atoms with Crippen molar-refractivity contribution in [1.29, 1.82) is 0 Å². The van der Waals surface area contributed by atoms with Gasteiger partial charge in [-0.25, -0.2) is 0 Å². The number of hydrogen-bond acceptors (Lipinski definition) is 2. The highest BCUT2D eigenvalue weighted by Gasteiger charge is 2.23. The molecule has 0 heterocycles. The molecule has 0 aliphatic heterocycles. The molecule has 1 N–H and O–H groups in total. The summed E-state index contributed by atoms with van der Waals surface area (Å²) in [6.45, 7) is 2.02. The number of halogens is 1. The monoisotopic (exact) mass is 321 g/mol. The SMILES string of the molecule is CNC(c1ccccc1)C(C)S(=O)Cc1ccccc1Cl. The minimum Gasteiger partial charge on any atom is -0.312 e. The van der Waals surface area contributed by atoms with Crippen LogP contribution in [0, 0.1) is 0 Å². The molecule has 2 aromatic carbocycles. The Morgan fingerprint density at radius 1 is 1.10 bits per heavy atom. The van der Waals surface area contributed by atoms with Crippen molar-refractivity contribution >= 4 is 22.4 Å². The maximum Gasteiger partial charge on any atom is 0.0518 e. The van der Waals surface area contributed by atoms with Gasteiger partial charge in [-0.1, -0.05) is 60.1 Å². The molecule has 3 unspecified atom stereocenters. The van der Waals surface area contributed by atoms with Gasteiger partial charge in [-0.2, -0.15) is 0 Å². The van der Waals surface area contributed by atoms with Gasteiger partial charge in [0.2, 0.25) is 0 Å². The van der Waals surface area contributed by atoms with Gasteiger partial charge in [0.1, 0.15) is 0 Å². The summed E-state index contributed by atoms with van der Waals surface area (Å²) in [4.78, 5) is 0. The maximum atomic E-state index is 12.7. The second-order valence-electron chi connectivity index (χ2n) is 5.00. The van der Waals surface area contributed by atoms with Gasteiger partial charge in [0.05, 0.1) is 11.0 Å². The summed E-state index contributed by atoms with van der Waals surface area (Å²) in [7, 11) is 0.900. The average molecular weight is 322 g/mol. The summed E-state index contributed by atoms with van der Waals surface area (Å²) in [5, 5.41) is 3.95. The summed E-state index contributed by atoms with van der Waals surface area (Å²) in [6.07, 6.45) is 0. The van der Waals surface area contributed by atoms with Crippen LogP contribution in [0.4, 0.5) is 0 Å². The first kappa shape index (κ1) is 16.2. The number of nitrogens with one attached hydrogen (secondary N) is 1. The average Bonchev–Trinajstić information content (AvgIpc) is 2.51. The number of benzene rings is 2. The van der Waals surface area contributed by atoms with Crippen LogP contribution < -0.4 is 5.32 Å². The van der Waals surface area contributed by atoms with E-state index in [1.165, 1.54) is 0 Å². The van der Waals surface area contributed by atoms with Crippen molar-refractivity contribution < 1.29 is 4.21 Å². The smallest absolute Gasteiger partial charge is 0.0518 e. The molecular weight excluding hydrogens is 302 g/mol. The molecule has 2 nitrogen and oxygen atoms in total. The van der Waals surface area contributed by atoms with Crippen molar-refractivity contribution in [1.82, 2.24) is 5.32 Å². The van der Waals surface area contributed by atoms with Crippen LogP contribution in [0.2, 0.25) is 5.02 Å². The molecule has 0 aromatic heterocycles. The van der Waals surface area contributed by atoms with E-state index in [2.05, 4.69) is 17.4 Å². The molecule has 112 valence electrons. The molecule has 0 aliphatic rings. The Balaban J connectivity index is 2.13. The van der Waals surface area contributed by atoms with Crippen LogP contribution in [-0.2, 0) is 16.6 Å².